The van der Waals surface area contributed by atoms with E-state index in [-0.39, 0.29) is 12.6 Å². The number of amides is 2. The average Bonchev–Trinajstić information content (AvgIpc) is 3.02. The number of hydrogen-bond acceptors (Lipinski definition) is 4. The van der Waals surface area contributed by atoms with Gasteiger partial charge in [0.2, 0.25) is 0 Å². The van der Waals surface area contributed by atoms with Gasteiger partial charge in [-0.3, -0.25) is 4.79 Å². The van der Waals surface area contributed by atoms with Crippen molar-refractivity contribution < 1.29 is 14.7 Å². The molecular formula is C16H18ClN3O3S. The fourth-order valence-electron chi connectivity index (χ4n) is 1.98. The quantitative estimate of drug-likeness (QED) is 0.820. The fourth-order valence-corrected chi connectivity index (χ4v) is 2.97. The smallest absolute Gasteiger partial charge is 0.317 e. The van der Waals surface area contributed by atoms with Crippen LogP contribution in [0.3, 0.4) is 0 Å². The second kappa shape index (κ2) is 8.12. The van der Waals surface area contributed by atoms with Crippen molar-refractivity contribution in [2.24, 2.45) is 5.92 Å². The molecule has 2 N–H and O–H groups in total. The zero-order chi connectivity index (χ0) is 17.7. The van der Waals surface area contributed by atoms with Crippen LogP contribution in [0.25, 0.3) is 10.6 Å². The predicted octanol–water partition coefficient (Wildman–Crippen LogP) is 3.33. The zero-order valence-electron chi connectivity index (χ0n) is 13.3. The van der Waals surface area contributed by atoms with E-state index >= 15 is 0 Å². The van der Waals surface area contributed by atoms with Gasteiger partial charge in [0.1, 0.15) is 5.01 Å². The van der Waals surface area contributed by atoms with Gasteiger partial charge in [-0.05, 0) is 12.1 Å². The Hall–Kier alpha value is -2.12. The van der Waals surface area contributed by atoms with Crippen molar-refractivity contribution in [1.29, 1.82) is 0 Å². The number of rotatable bonds is 6. The summed E-state index contributed by atoms with van der Waals surface area (Å²) in [5, 5.41) is 13.2. The molecule has 1 aromatic carbocycles. The van der Waals surface area contributed by atoms with Crippen LogP contribution in [-0.4, -0.2) is 40.6 Å². The molecule has 8 heteroatoms. The molecule has 2 amide bonds. The van der Waals surface area contributed by atoms with Crippen LogP contribution in [0.1, 0.15) is 11.8 Å². The predicted molar refractivity (Wildman–Crippen MR) is 94.2 cm³/mol. The number of thiazole rings is 1. The van der Waals surface area contributed by atoms with Crippen LogP contribution in [0.15, 0.2) is 30.5 Å². The number of urea groups is 1. The third-order valence-corrected chi connectivity index (χ3v) is 4.67. The highest BCUT2D eigenvalue weighted by molar-refractivity contribution is 7.15. The Balaban J connectivity index is 1.89. The molecule has 0 aliphatic rings. The summed E-state index contributed by atoms with van der Waals surface area (Å²) in [7, 11) is 1.57. The summed E-state index contributed by atoms with van der Waals surface area (Å²) < 4.78 is 0. The van der Waals surface area contributed by atoms with E-state index in [4.69, 9.17) is 16.7 Å². The summed E-state index contributed by atoms with van der Waals surface area (Å²) in [6.45, 7) is 2.06. The van der Waals surface area contributed by atoms with Gasteiger partial charge in [-0.15, -0.1) is 11.3 Å². The van der Waals surface area contributed by atoms with Gasteiger partial charge in [0.15, 0.2) is 0 Å². The lowest BCUT2D eigenvalue weighted by Crippen LogP contribution is -2.40. The second-order valence-electron chi connectivity index (χ2n) is 5.42. The Bertz CT molecular complexity index is 718. The molecular weight excluding hydrogens is 350 g/mol. The number of halogens is 1. The molecule has 1 aromatic heterocycles. The van der Waals surface area contributed by atoms with E-state index in [2.05, 4.69) is 10.3 Å². The average molecular weight is 368 g/mol. The summed E-state index contributed by atoms with van der Waals surface area (Å²) >= 11 is 7.35. The van der Waals surface area contributed by atoms with Crippen molar-refractivity contribution in [3.63, 3.8) is 0 Å². The van der Waals surface area contributed by atoms with E-state index in [0.717, 1.165) is 15.4 Å². The summed E-state index contributed by atoms with van der Waals surface area (Å²) in [5.74, 6) is -1.54. The molecule has 0 radical (unpaired) electrons. The highest BCUT2D eigenvalue weighted by Gasteiger charge is 2.17. The third-order valence-electron chi connectivity index (χ3n) is 3.37. The van der Waals surface area contributed by atoms with Crippen molar-refractivity contribution in [2.75, 3.05) is 13.6 Å². The molecule has 0 saturated heterocycles. The highest BCUT2D eigenvalue weighted by atomic mass is 35.5. The van der Waals surface area contributed by atoms with Crippen molar-refractivity contribution >= 4 is 34.9 Å². The normalized spacial score (nSPS) is 11.8. The molecule has 2 aromatic rings. The summed E-state index contributed by atoms with van der Waals surface area (Å²) in [6, 6.07) is 7.08. The minimum Gasteiger partial charge on any atom is -0.481 e. The Kier molecular flexibility index (Phi) is 6.16. The Labute approximate surface area is 149 Å². The molecule has 0 aliphatic carbocycles. The first kappa shape index (κ1) is 18.2. The van der Waals surface area contributed by atoms with Gasteiger partial charge in [-0.1, -0.05) is 30.7 Å². The number of hydrogen-bond donors (Lipinski definition) is 2. The van der Waals surface area contributed by atoms with Crippen LogP contribution in [0, 0.1) is 5.92 Å². The maximum absolute atomic E-state index is 12.0. The molecule has 1 atom stereocenters. The minimum absolute atomic E-state index is 0.153. The third kappa shape index (κ3) is 4.94. The Morgan fingerprint density at radius 2 is 2.04 bits per heavy atom. The molecule has 2 rings (SSSR count). The number of carbonyl (C=O) groups is 2. The van der Waals surface area contributed by atoms with Gasteiger partial charge in [0.05, 0.1) is 12.5 Å². The van der Waals surface area contributed by atoms with E-state index in [1.165, 1.54) is 16.2 Å². The first-order valence-corrected chi connectivity index (χ1v) is 8.48. The van der Waals surface area contributed by atoms with Crippen molar-refractivity contribution in [2.45, 2.75) is 13.5 Å². The number of nitrogens with one attached hydrogen (secondary N) is 1. The van der Waals surface area contributed by atoms with Crippen molar-refractivity contribution in [3.05, 3.63) is 40.4 Å². The van der Waals surface area contributed by atoms with E-state index < -0.39 is 11.9 Å². The Morgan fingerprint density at radius 1 is 1.38 bits per heavy atom. The van der Waals surface area contributed by atoms with Gasteiger partial charge in [-0.25, -0.2) is 9.78 Å². The topological polar surface area (TPSA) is 82.5 Å². The summed E-state index contributed by atoms with van der Waals surface area (Å²) in [4.78, 5) is 29.4. The number of aromatic nitrogens is 1. The molecule has 1 unspecified atom stereocenters. The van der Waals surface area contributed by atoms with Crippen LogP contribution in [0.2, 0.25) is 5.02 Å². The maximum atomic E-state index is 12.0. The van der Waals surface area contributed by atoms with Crippen molar-refractivity contribution in [1.82, 2.24) is 15.2 Å². The van der Waals surface area contributed by atoms with Gasteiger partial charge in [0.25, 0.3) is 0 Å². The van der Waals surface area contributed by atoms with E-state index in [1.54, 1.807) is 32.3 Å². The lowest BCUT2D eigenvalue weighted by molar-refractivity contribution is -0.141. The lowest BCUT2D eigenvalue weighted by Gasteiger charge is -2.19. The van der Waals surface area contributed by atoms with Crippen LogP contribution in [0.5, 0.6) is 0 Å². The van der Waals surface area contributed by atoms with Crippen LogP contribution in [-0.2, 0) is 11.3 Å². The lowest BCUT2D eigenvalue weighted by atomic mass is 10.2. The van der Waals surface area contributed by atoms with Crippen LogP contribution in [0.4, 0.5) is 4.79 Å². The molecule has 0 aliphatic heterocycles. The first-order chi connectivity index (χ1) is 11.4. The van der Waals surface area contributed by atoms with Gasteiger partial charge < -0.3 is 15.3 Å². The highest BCUT2D eigenvalue weighted by Crippen LogP contribution is 2.26. The molecule has 24 heavy (non-hydrogen) atoms. The van der Waals surface area contributed by atoms with Gasteiger partial charge >= 0.3 is 12.0 Å². The number of carboxylic acid groups (broad SMARTS) is 1. The SMILES string of the molecule is CC(CN(C)C(=O)NCc1cnc(-c2ccc(Cl)cc2)s1)C(=O)O. The molecule has 6 nitrogen and oxygen atoms in total. The van der Waals surface area contributed by atoms with Crippen LogP contribution < -0.4 is 5.32 Å². The fraction of sp³-hybridized carbons (Fsp3) is 0.312. The summed E-state index contributed by atoms with van der Waals surface area (Å²) in [6.07, 6.45) is 1.72. The number of carbonyl (C=O) groups excluding carboxylic acids is 1. The standard InChI is InChI=1S/C16H18ClN3O3S/c1-10(15(21)22)9-20(2)16(23)19-8-13-7-18-14(24-13)11-3-5-12(17)6-4-11/h3-7,10H,8-9H2,1-2H3,(H,19,23)(H,21,22). The molecule has 128 valence electrons. The van der Waals surface area contributed by atoms with Gasteiger partial charge in [-0.2, -0.15) is 0 Å². The molecule has 1 heterocycles. The number of carboxylic acids is 1. The van der Waals surface area contributed by atoms with E-state index in [9.17, 15) is 9.59 Å². The number of nitrogens with zero attached hydrogens (tertiary/aromatic N) is 2. The maximum Gasteiger partial charge on any atom is 0.317 e. The number of benzene rings is 1. The van der Waals surface area contributed by atoms with Crippen molar-refractivity contribution in [3.8, 4) is 10.6 Å². The number of aliphatic carboxylic acids is 1. The monoisotopic (exact) mass is 367 g/mol. The molecule has 0 saturated carbocycles. The molecule has 0 spiro atoms. The molecule has 0 fully saturated rings. The first-order valence-electron chi connectivity index (χ1n) is 7.29. The van der Waals surface area contributed by atoms with Crippen LogP contribution >= 0.6 is 22.9 Å². The largest absolute Gasteiger partial charge is 0.481 e. The zero-order valence-corrected chi connectivity index (χ0v) is 14.9. The minimum atomic E-state index is -0.926. The second-order valence-corrected chi connectivity index (χ2v) is 6.97. The summed E-state index contributed by atoms with van der Waals surface area (Å²) in [5.41, 5.74) is 0.967. The van der Waals surface area contributed by atoms with E-state index in [1.807, 2.05) is 12.1 Å². The molecule has 0 bridgehead atoms. The van der Waals surface area contributed by atoms with Gasteiger partial charge in [0, 0.05) is 35.3 Å². The Morgan fingerprint density at radius 3 is 2.67 bits per heavy atom. The van der Waals surface area contributed by atoms with E-state index in [0.29, 0.717) is 11.6 Å².